The molecule has 84 valence electrons. The van der Waals surface area contributed by atoms with Gasteiger partial charge < -0.3 is 4.55 Å². The van der Waals surface area contributed by atoms with Gasteiger partial charge in [0.25, 0.3) is 0 Å². The molecule has 0 aliphatic heterocycles. The van der Waals surface area contributed by atoms with Gasteiger partial charge in [0.1, 0.15) is 0 Å². The van der Waals surface area contributed by atoms with E-state index in [0.717, 1.165) is 5.56 Å². The van der Waals surface area contributed by atoms with Gasteiger partial charge in [0, 0.05) is 0 Å². The lowest BCUT2D eigenvalue weighted by Crippen LogP contribution is -2.05. The van der Waals surface area contributed by atoms with Crippen molar-refractivity contribution in [3.63, 3.8) is 0 Å². The summed E-state index contributed by atoms with van der Waals surface area (Å²) in [5.74, 6) is 0.380. The van der Waals surface area contributed by atoms with Crippen LogP contribution < -0.4 is 0 Å². The molecule has 0 heterocycles. The topological polar surface area (TPSA) is 37.3 Å². The molecule has 0 spiro atoms. The fourth-order valence-corrected chi connectivity index (χ4v) is 2.59. The Hall–Kier alpha value is -1.19. The smallest absolute Gasteiger partial charge is 0.153 e. The van der Waals surface area contributed by atoms with Gasteiger partial charge >= 0.3 is 0 Å². The Morgan fingerprint density at radius 2 is 1.88 bits per heavy atom. The van der Waals surface area contributed by atoms with Crippen LogP contribution in [0.4, 0.5) is 0 Å². The highest BCUT2D eigenvalue weighted by Crippen LogP contribution is 2.25. The summed E-state index contributed by atoms with van der Waals surface area (Å²) in [7, 11) is 0. The van der Waals surface area contributed by atoms with Gasteiger partial charge in [0.05, 0.1) is 5.75 Å². The van der Waals surface area contributed by atoms with Gasteiger partial charge in [-0.25, -0.2) is 4.21 Å². The van der Waals surface area contributed by atoms with Crippen molar-refractivity contribution in [3.8, 4) is 0 Å². The van der Waals surface area contributed by atoms with E-state index in [4.69, 9.17) is 4.55 Å². The van der Waals surface area contributed by atoms with Crippen molar-refractivity contribution in [1.82, 2.24) is 0 Å². The van der Waals surface area contributed by atoms with Gasteiger partial charge in [-0.3, -0.25) is 0 Å². The molecule has 0 radical (unpaired) electrons. The van der Waals surface area contributed by atoms with Crippen molar-refractivity contribution in [2.45, 2.75) is 12.8 Å². The molecule has 0 saturated heterocycles. The molecular weight excluding hydrogens is 220 g/mol. The van der Waals surface area contributed by atoms with Gasteiger partial charge in [0.2, 0.25) is 0 Å². The second-order valence-electron chi connectivity index (χ2n) is 3.96. The molecule has 2 aromatic rings. The molecule has 0 bridgehead atoms. The van der Waals surface area contributed by atoms with Gasteiger partial charge in [-0.1, -0.05) is 49.4 Å². The highest BCUT2D eigenvalue weighted by molar-refractivity contribution is 7.79. The van der Waals surface area contributed by atoms with Crippen LogP contribution in [0.3, 0.4) is 0 Å². The van der Waals surface area contributed by atoms with E-state index in [2.05, 4.69) is 18.2 Å². The van der Waals surface area contributed by atoms with Crippen LogP contribution in [-0.2, 0) is 11.1 Å². The molecular formula is C13H14O2S. The largest absolute Gasteiger partial charge is 0.306 e. The molecule has 1 N–H and O–H groups in total. The number of benzene rings is 2. The van der Waals surface area contributed by atoms with Crippen molar-refractivity contribution in [3.05, 3.63) is 48.0 Å². The molecule has 0 aliphatic carbocycles. The average Bonchev–Trinajstić information content (AvgIpc) is 2.27. The molecule has 2 rings (SSSR count). The first-order valence-corrected chi connectivity index (χ1v) is 6.51. The summed E-state index contributed by atoms with van der Waals surface area (Å²) in [6, 6.07) is 14.2. The van der Waals surface area contributed by atoms with Gasteiger partial charge in [-0.05, 0) is 22.3 Å². The van der Waals surface area contributed by atoms with Crippen LogP contribution in [0, 0.1) is 0 Å². The summed E-state index contributed by atoms with van der Waals surface area (Å²) in [5, 5.41) is 2.35. The zero-order chi connectivity index (χ0) is 11.5. The summed E-state index contributed by atoms with van der Waals surface area (Å²) in [6.07, 6.45) is 0. The Balaban J connectivity index is 2.47. The van der Waals surface area contributed by atoms with E-state index >= 15 is 0 Å². The van der Waals surface area contributed by atoms with Crippen molar-refractivity contribution in [2.75, 3.05) is 5.75 Å². The quantitative estimate of drug-likeness (QED) is 0.828. The summed E-state index contributed by atoms with van der Waals surface area (Å²) in [5.41, 5.74) is 1.14. The Bertz CT molecular complexity index is 517. The summed E-state index contributed by atoms with van der Waals surface area (Å²) >= 11 is -1.74. The van der Waals surface area contributed by atoms with Crippen LogP contribution in [0.2, 0.25) is 0 Å². The van der Waals surface area contributed by atoms with E-state index in [-0.39, 0.29) is 11.7 Å². The van der Waals surface area contributed by atoms with Crippen molar-refractivity contribution in [2.24, 2.45) is 0 Å². The van der Waals surface area contributed by atoms with Crippen molar-refractivity contribution < 1.29 is 8.76 Å². The molecule has 0 saturated carbocycles. The fraction of sp³-hybridized carbons (Fsp3) is 0.231. The lowest BCUT2D eigenvalue weighted by atomic mass is 9.96. The Morgan fingerprint density at radius 1 is 1.19 bits per heavy atom. The van der Waals surface area contributed by atoms with Crippen LogP contribution in [0.5, 0.6) is 0 Å². The van der Waals surface area contributed by atoms with Crippen LogP contribution in [0.1, 0.15) is 18.4 Å². The first-order valence-electron chi connectivity index (χ1n) is 5.23. The summed E-state index contributed by atoms with van der Waals surface area (Å²) < 4.78 is 19.8. The van der Waals surface area contributed by atoms with Crippen LogP contribution in [0.25, 0.3) is 10.8 Å². The second kappa shape index (κ2) is 4.76. The van der Waals surface area contributed by atoms with Crippen molar-refractivity contribution in [1.29, 1.82) is 0 Å². The number of hydrogen-bond donors (Lipinski definition) is 1. The van der Waals surface area contributed by atoms with Crippen LogP contribution in [0.15, 0.2) is 42.5 Å². The molecule has 2 unspecified atom stereocenters. The maximum atomic E-state index is 10.8. The highest BCUT2D eigenvalue weighted by atomic mass is 32.2. The minimum atomic E-state index is -1.74. The molecule has 0 amide bonds. The zero-order valence-electron chi connectivity index (χ0n) is 9.09. The average molecular weight is 234 g/mol. The molecule has 2 nitrogen and oxygen atoms in total. The Labute approximate surface area is 97.6 Å². The number of hydrogen-bond acceptors (Lipinski definition) is 1. The van der Waals surface area contributed by atoms with E-state index in [1.165, 1.54) is 10.8 Å². The van der Waals surface area contributed by atoms with E-state index in [9.17, 15) is 4.21 Å². The standard InChI is InChI=1S/C13H14O2S/c1-10(9-16(14)15)12-8-4-6-11-5-2-3-7-13(11)12/h2-8,10H,9H2,1H3,(H,14,15). The normalized spacial score (nSPS) is 14.9. The first kappa shape index (κ1) is 11.3. The molecule has 16 heavy (non-hydrogen) atoms. The first-order chi connectivity index (χ1) is 7.68. The van der Waals surface area contributed by atoms with Gasteiger partial charge in [-0.2, -0.15) is 0 Å². The number of rotatable bonds is 3. The second-order valence-corrected chi connectivity index (χ2v) is 4.93. The Morgan fingerprint density at radius 3 is 2.62 bits per heavy atom. The minimum absolute atomic E-state index is 0.0944. The molecule has 2 aromatic carbocycles. The van der Waals surface area contributed by atoms with Crippen LogP contribution in [-0.4, -0.2) is 14.5 Å². The zero-order valence-corrected chi connectivity index (χ0v) is 9.91. The van der Waals surface area contributed by atoms with Gasteiger partial charge in [0.15, 0.2) is 11.1 Å². The SMILES string of the molecule is CC(CS(=O)O)c1cccc2ccccc12. The summed E-state index contributed by atoms with van der Waals surface area (Å²) in [6.45, 7) is 1.98. The van der Waals surface area contributed by atoms with Gasteiger partial charge in [-0.15, -0.1) is 0 Å². The van der Waals surface area contributed by atoms with E-state index < -0.39 is 11.1 Å². The summed E-state index contributed by atoms with van der Waals surface area (Å²) in [4.78, 5) is 0. The molecule has 0 aliphatic rings. The predicted molar refractivity (Wildman–Crippen MR) is 68.0 cm³/mol. The van der Waals surface area contributed by atoms with Crippen molar-refractivity contribution >= 4 is 21.9 Å². The molecule has 3 heteroatoms. The van der Waals surface area contributed by atoms with E-state index in [1.54, 1.807) is 0 Å². The third kappa shape index (κ3) is 2.31. The maximum absolute atomic E-state index is 10.8. The fourth-order valence-electron chi connectivity index (χ4n) is 1.98. The monoisotopic (exact) mass is 234 g/mol. The van der Waals surface area contributed by atoms with Crippen LogP contribution >= 0.6 is 0 Å². The third-order valence-corrected chi connectivity index (χ3v) is 3.53. The molecule has 2 atom stereocenters. The Kier molecular flexibility index (Phi) is 3.36. The minimum Gasteiger partial charge on any atom is -0.306 e. The maximum Gasteiger partial charge on any atom is 0.153 e. The predicted octanol–water partition coefficient (Wildman–Crippen LogP) is 3.17. The highest BCUT2D eigenvalue weighted by Gasteiger charge is 2.11. The molecule has 0 aromatic heterocycles. The third-order valence-electron chi connectivity index (χ3n) is 2.75. The van der Waals surface area contributed by atoms with E-state index in [0.29, 0.717) is 0 Å². The number of fused-ring (bicyclic) bond motifs is 1. The molecule has 0 fully saturated rings. The van der Waals surface area contributed by atoms with E-state index in [1.807, 2.05) is 31.2 Å². The lowest BCUT2D eigenvalue weighted by Gasteiger charge is -2.12. The lowest BCUT2D eigenvalue weighted by molar-refractivity contribution is 0.559.